The molecule has 0 spiro atoms. The first-order chi connectivity index (χ1) is 16.7. The maximum absolute atomic E-state index is 13.5. The van der Waals surface area contributed by atoms with Crippen LogP contribution in [0.25, 0.3) is 0 Å². The number of allylic oxidation sites excluding steroid dienone is 2. The number of amides is 3. The fraction of sp³-hybridized carbons (Fsp3) is 0.280. The maximum atomic E-state index is 13.5. The molecule has 2 atom stereocenters. The molecule has 10 nitrogen and oxygen atoms in total. The Hall–Kier alpha value is -4.34. The zero-order chi connectivity index (χ0) is 25.3. The number of nitrogens with zero attached hydrogens (tertiary/aromatic N) is 3. The number of rotatable bonds is 7. The fourth-order valence-electron chi connectivity index (χ4n) is 4.39. The Bertz CT molecular complexity index is 1250. The van der Waals surface area contributed by atoms with Gasteiger partial charge in [-0.25, -0.2) is 5.01 Å². The molecule has 1 heterocycles. The van der Waals surface area contributed by atoms with Gasteiger partial charge in [-0.15, -0.1) is 0 Å². The summed E-state index contributed by atoms with van der Waals surface area (Å²) in [7, 11) is 1.45. The molecule has 1 fully saturated rings. The number of nitro groups is 1. The second-order valence-corrected chi connectivity index (χ2v) is 8.51. The Kier molecular flexibility index (Phi) is 6.46. The summed E-state index contributed by atoms with van der Waals surface area (Å²) < 4.78 is 5.15. The van der Waals surface area contributed by atoms with Gasteiger partial charge in [0.1, 0.15) is 12.3 Å². The van der Waals surface area contributed by atoms with E-state index in [2.05, 4.69) is 0 Å². The zero-order valence-electron chi connectivity index (χ0n) is 19.2. The number of benzene rings is 2. The molecule has 1 aliphatic carbocycles. The topological polar surface area (TPSA) is 127 Å². The van der Waals surface area contributed by atoms with Gasteiger partial charge < -0.3 is 4.74 Å². The van der Waals surface area contributed by atoms with E-state index >= 15 is 0 Å². The number of hydrogen-bond donors (Lipinski definition) is 0. The number of imide groups is 1. The van der Waals surface area contributed by atoms with Crippen molar-refractivity contribution in [3.05, 3.63) is 81.4 Å². The minimum Gasteiger partial charge on any atom is -0.497 e. The second kappa shape index (κ2) is 9.49. The number of methoxy groups -OCH3 is 1. The van der Waals surface area contributed by atoms with Crippen LogP contribution in [-0.2, 0) is 9.59 Å². The van der Waals surface area contributed by atoms with Crippen molar-refractivity contribution in [2.75, 3.05) is 13.7 Å². The van der Waals surface area contributed by atoms with Crippen molar-refractivity contribution in [1.82, 2.24) is 10.0 Å². The summed E-state index contributed by atoms with van der Waals surface area (Å²) in [6.45, 7) is 1.30. The maximum Gasteiger partial charge on any atom is 0.273 e. The van der Waals surface area contributed by atoms with Gasteiger partial charge in [0.25, 0.3) is 23.4 Å². The Morgan fingerprint density at radius 2 is 1.77 bits per heavy atom. The van der Waals surface area contributed by atoms with Gasteiger partial charge >= 0.3 is 0 Å². The van der Waals surface area contributed by atoms with Gasteiger partial charge in [-0.3, -0.25) is 29.3 Å². The first kappa shape index (κ1) is 23.8. The van der Waals surface area contributed by atoms with Gasteiger partial charge in [-0.1, -0.05) is 23.8 Å². The number of ether oxygens (including phenoxy) is 1. The van der Waals surface area contributed by atoms with Crippen molar-refractivity contribution in [1.29, 1.82) is 0 Å². The van der Waals surface area contributed by atoms with Crippen LogP contribution in [0.5, 0.6) is 5.75 Å². The highest BCUT2D eigenvalue weighted by atomic mass is 16.6. The molecule has 3 amide bonds. The highest BCUT2D eigenvalue weighted by molar-refractivity contribution is 6.09. The monoisotopic (exact) mass is 477 g/mol. The highest BCUT2D eigenvalue weighted by Gasteiger charge is 2.51. The van der Waals surface area contributed by atoms with Gasteiger partial charge in [-0.2, -0.15) is 5.01 Å². The van der Waals surface area contributed by atoms with Crippen LogP contribution in [0.1, 0.15) is 40.5 Å². The molecule has 35 heavy (non-hydrogen) atoms. The largest absolute Gasteiger partial charge is 0.497 e. The molecule has 0 bridgehead atoms. The predicted molar refractivity (Wildman–Crippen MR) is 123 cm³/mol. The second-order valence-electron chi connectivity index (χ2n) is 8.51. The molecule has 2 aromatic rings. The molecule has 0 aromatic heterocycles. The van der Waals surface area contributed by atoms with Gasteiger partial charge in [0.15, 0.2) is 5.78 Å². The van der Waals surface area contributed by atoms with Crippen molar-refractivity contribution >= 4 is 29.2 Å². The van der Waals surface area contributed by atoms with Crippen LogP contribution in [0.3, 0.4) is 0 Å². The zero-order valence-corrected chi connectivity index (χ0v) is 19.2. The summed E-state index contributed by atoms with van der Waals surface area (Å²) in [5.41, 5.74) is 0.995. The molecule has 0 N–H and O–H groups in total. The normalized spacial score (nSPS) is 19.1. The van der Waals surface area contributed by atoms with Crippen LogP contribution >= 0.6 is 0 Å². The number of fused-ring (bicyclic) bond motifs is 1. The van der Waals surface area contributed by atoms with Crippen LogP contribution in [0.15, 0.2) is 60.2 Å². The Balaban J connectivity index is 1.69. The SMILES string of the molecule is COc1cccc(C(=O)CN(C(=O)c2ccc([N+](=O)[O-])cc2)N2C(=O)[C@H]3CC(C)=CC[C@H]3C2=O)c1. The molecule has 0 unspecified atom stereocenters. The van der Waals surface area contributed by atoms with Crippen molar-refractivity contribution < 1.29 is 28.8 Å². The standard InChI is InChI=1S/C25H23N3O7/c1-15-6-11-20-21(12-15)25(32)27(24(20)31)26(14-22(29)17-4-3-5-19(13-17)35-2)23(30)16-7-9-18(10-8-16)28(33)34/h3-10,13,20-21H,11-12,14H2,1-2H3/t20-,21+/m1/s1. The lowest BCUT2D eigenvalue weighted by atomic mass is 9.82. The number of nitro benzene ring substituents is 1. The van der Waals surface area contributed by atoms with Gasteiger partial charge in [-0.05, 0) is 44.0 Å². The van der Waals surface area contributed by atoms with E-state index in [1.807, 2.05) is 13.0 Å². The average Bonchev–Trinajstić information content (AvgIpc) is 3.11. The summed E-state index contributed by atoms with van der Waals surface area (Å²) in [6.07, 6.45) is 2.68. The third-order valence-corrected chi connectivity index (χ3v) is 6.29. The lowest BCUT2D eigenvalue weighted by molar-refractivity contribution is -0.384. The quantitative estimate of drug-likeness (QED) is 0.197. The van der Waals surface area contributed by atoms with Crippen molar-refractivity contribution in [2.45, 2.75) is 19.8 Å². The minimum atomic E-state index is -0.791. The average molecular weight is 477 g/mol. The molecule has 1 saturated heterocycles. The Morgan fingerprint density at radius 3 is 2.43 bits per heavy atom. The molecular formula is C25H23N3O7. The minimum absolute atomic E-state index is 0.00109. The molecule has 2 aliphatic rings. The molecule has 180 valence electrons. The molecule has 0 saturated carbocycles. The number of carbonyl (C=O) groups excluding carboxylic acids is 4. The van der Waals surface area contributed by atoms with Crippen molar-refractivity contribution in [3.8, 4) is 5.75 Å². The predicted octanol–water partition coefficient (Wildman–Crippen LogP) is 3.18. The van der Waals surface area contributed by atoms with E-state index in [1.165, 1.54) is 25.3 Å². The van der Waals surface area contributed by atoms with Crippen LogP contribution in [0, 0.1) is 22.0 Å². The van der Waals surface area contributed by atoms with Gasteiger partial charge in [0, 0.05) is 23.3 Å². The molecule has 2 aromatic carbocycles. The number of carbonyl (C=O) groups is 4. The first-order valence-corrected chi connectivity index (χ1v) is 11.0. The van der Waals surface area contributed by atoms with E-state index in [4.69, 9.17) is 4.74 Å². The lowest BCUT2D eigenvalue weighted by Crippen LogP contribution is -2.52. The van der Waals surface area contributed by atoms with E-state index in [0.717, 1.165) is 27.7 Å². The van der Waals surface area contributed by atoms with E-state index in [1.54, 1.807) is 18.2 Å². The number of hydrogen-bond acceptors (Lipinski definition) is 7. The summed E-state index contributed by atoms with van der Waals surface area (Å²) in [5.74, 6) is -3.16. The summed E-state index contributed by atoms with van der Waals surface area (Å²) >= 11 is 0. The van der Waals surface area contributed by atoms with Gasteiger partial charge in [0.05, 0.1) is 23.9 Å². The molecule has 4 rings (SSSR count). The summed E-state index contributed by atoms with van der Waals surface area (Å²) in [6, 6.07) is 11.1. The van der Waals surface area contributed by atoms with Crippen LogP contribution in [-0.4, -0.2) is 52.1 Å². The Labute approximate surface area is 200 Å². The third-order valence-electron chi connectivity index (χ3n) is 6.29. The molecule has 1 aliphatic heterocycles. The van der Waals surface area contributed by atoms with E-state index in [9.17, 15) is 29.3 Å². The third kappa shape index (κ3) is 4.54. The fourth-order valence-corrected chi connectivity index (χ4v) is 4.39. The first-order valence-electron chi connectivity index (χ1n) is 11.0. The summed E-state index contributed by atoms with van der Waals surface area (Å²) in [4.78, 5) is 63.6. The Morgan fingerprint density at radius 1 is 1.09 bits per heavy atom. The molecule has 10 heteroatoms. The van der Waals surface area contributed by atoms with E-state index in [-0.39, 0.29) is 16.8 Å². The van der Waals surface area contributed by atoms with Crippen molar-refractivity contribution in [2.24, 2.45) is 11.8 Å². The van der Waals surface area contributed by atoms with Crippen molar-refractivity contribution in [3.63, 3.8) is 0 Å². The number of ketones is 1. The van der Waals surface area contributed by atoms with Crippen LogP contribution in [0.2, 0.25) is 0 Å². The number of hydrazine groups is 1. The van der Waals surface area contributed by atoms with E-state index < -0.39 is 46.8 Å². The highest BCUT2D eigenvalue weighted by Crippen LogP contribution is 2.38. The van der Waals surface area contributed by atoms with Gasteiger partial charge in [0.2, 0.25) is 0 Å². The molecular weight excluding hydrogens is 454 g/mol. The number of Topliss-reactive ketones (excluding diaryl/α,β-unsaturated/α-hetero) is 1. The molecule has 0 radical (unpaired) electrons. The number of non-ortho nitro benzene ring substituents is 1. The van der Waals surface area contributed by atoms with Crippen LogP contribution < -0.4 is 4.74 Å². The van der Waals surface area contributed by atoms with Crippen LogP contribution in [0.4, 0.5) is 5.69 Å². The smallest absolute Gasteiger partial charge is 0.273 e. The summed E-state index contributed by atoms with van der Waals surface area (Å²) in [5, 5.41) is 12.6. The van der Waals surface area contributed by atoms with E-state index in [0.29, 0.717) is 18.6 Å². The lowest BCUT2D eigenvalue weighted by Gasteiger charge is -2.30.